The fourth-order valence-electron chi connectivity index (χ4n) is 2.33. The van der Waals surface area contributed by atoms with Crippen LogP contribution < -0.4 is 5.73 Å². The van der Waals surface area contributed by atoms with Crippen LogP contribution in [0, 0.1) is 6.92 Å². The maximum absolute atomic E-state index is 12.4. The van der Waals surface area contributed by atoms with Crippen molar-refractivity contribution in [2.24, 2.45) is 0 Å². The minimum Gasteiger partial charge on any atom is -0.398 e. The molecule has 106 valence electrons. The topological polar surface area (TPSA) is 80.5 Å². The first-order valence-electron chi connectivity index (χ1n) is 6.21. The summed E-state index contributed by atoms with van der Waals surface area (Å²) in [5.74, 6) is 0.133. The molecule has 2 N–H and O–H groups in total. The van der Waals surface area contributed by atoms with E-state index in [2.05, 4.69) is 0 Å². The van der Waals surface area contributed by atoms with Crippen LogP contribution in [0.2, 0.25) is 0 Å². The molecule has 0 bridgehead atoms. The van der Waals surface area contributed by atoms with Crippen molar-refractivity contribution in [1.29, 1.82) is 0 Å². The monoisotopic (exact) mass is 302 g/mol. The number of amides is 1. The Kier molecular flexibility index (Phi) is 3.87. The van der Waals surface area contributed by atoms with Crippen LogP contribution >= 0.6 is 11.3 Å². The predicted octanol–water partition coefficient (Wildman–Crippen LogP) is 1.29. The van der Waals surface area contributed by atoms with Gasteiger partial charge in [0.25, 0.3) is 5.91 Å². The highest BCUT2D eigenvalue weighted by atomic mass is 32.2. The van der Waals surface area contributed by atoms with Crippen LogP contribution in [0.25, 0.3) is 0 Å². The third kappa shape index (κ3) is 2.92. The van der Waals surface area contributed by atoms with E-state index >= 15 is 0 Å². The molecule has 1 aromatic rings. The molecule has 0 spiro atoms. The molecule has 1 amide bonds. The van der Waals surface area contributed by atoms with Crippen molar-refractivity contribution in [3.8, 4) is 0 Å². The van der Waals surface area contributed by atoms with Crippen LogP contribution in [0.15, 0.2) is 6.07 Å². The summed E-state index contributed by atoms with van der Waals surface area (Å²) in [4.78, 5) is 15.6. The molecule has 5 nitrogen and oxygen atoms in total. The SMILES string of the molecule is CCN(C(=O)c1cc(N)c(C)s1)C1CCS(=O)(=O)C1. The number of carbonyl (C=O) groups excluding carboxylic acids is 1. The van der Waals surface area contributed by atoms with Gasteiger partial charge in [0.05, 0.1) is 16.4 Å². The highest BCUT2D eigenvalue weighted by molar-refractivity contribution is 7.91. The summed E-state index contributed by atoms with van der Waals surface area (Å²) >= 11 is 1.36. The zero-order valence-electron chi connectivity index (χ0n) is 11.0. The van der Waals surface area contributed by atoms with Gasteiger partial charge >= 0.3 is 0 Å². The number of aryl methyl sites for hydroxylation is 1. The third-order valence-corrected chi connectivity index (χ3v) is 6.22. The van der Waals surface area contributed by atoms with Gasteiger partial charge in [0, 0.05) is 23.2 Å². The Morgan fingerprint density at radius 2 is 2.26 bits per heavy atom. The number of sulfone groups is 1. The number of nitrogen functional groups attached to an aromatic ring is 1. The Balaban J connectivity index is 2.20. The average molecular weight is 302 g/mol. The van der Waals surface area contributed by atoms with Gasteiger partial charge in [-0.15, -0.1) is 11.3 Å². The summed E-state index contributed by atoms with van der Waals surface area (Å²) in [5.41, 5.74) is 6.37. The van der Waals surface area contributed by atoms with Crippen molar-refractivity contribution in [2.75, 3.05) is 23.8 Å². The molecule has 1 unspecified atom stereocenters. The maximum Gasteiger partial charge on any atom is 0.264 e. The van der Waals surface area contributed by atoms with E-state index in [1.54, 1.807) is 11.0 Å². The van der Waals surface area contributed by atoms with Crippen molar-refractivity contribution in [3.63, 3.8) is 0 Å². The van der Waals surface area contributed by atoms with E-state index in [1.807, 2.05) is 13.8 Å². The van der Waals surface area contributed by atoms with Crippen LogP contribution in [0.3, 0.4) is 0 Å². The summed E-state index contributed by atoms with van der Waals surface area (Å²) in [5, 5.41) is 0. The molecule has 2 rings (SSSR count). The normalized spacial score (nSPS) is 21.5. The van der Waals surface area contributed by atoms with Crippen molar-refractivity contribution < 1.29 is 13.2 Å². The smallest absolute Gasteiger partial charge is 0.264 e. The lowest BCUT2D eigenvalue weighted by Crippen LogP contribution is -2.40. The van der Waals surface area contributed by atoms with Crippen LogP contribution in [0.4, 0.5) is 5.69 Å². The van der Waals surface area contributed by atoms with Gasteiger partial charge in [0.2, 0.25) is 0 Å². The second-order valence-corrected chi connectivity index (χ2v) is 8.26. The van der Waals surface area contributed by atoms with E-state index in [1.165, 1.54) is 11.3 Å². The van der Waals surface area contributed by atoms with Crippen LogP contribution in [0.5, 0.6) is 0 Å². The molecular weight excluding hydrogens is 284 g/mol. The lowest BCUT2D eigenvalue weighted by Gasteiger charge is -2.26. The van der Waals surface area contributed by atoms with E-state index in [4.69, 9.17) is 5.73 Å². The fraction of sp³-hybridized carbons (Fsp3) is 0.583. The van der Waals surface area contributed by atoms with Crippen LogP contribution in [-0.4, -0.2) is 43.3 Å². The standard InChI is InChI=1S/C12H18N2O3S2/c1-3-14(9-4-5-19(16,17)7-9)12(15)11-6-10(13)8(2)18-11/h6,9H,3-5,7,13H2,1-2H3. The van der Waals surface area contributed by atoms with Crippen molar-refractivity contribution in [1.82, 2.24) is 4.90 Å². The van der Waals surface area contributed by atoms with Crippen molar-refractivity contribution in [2.45, 2.75) is 26.3 Å². The molecule has 1 saturated heterocycles. The number of hydrogen-bond acceptors (Lipinski definition) is 5. The number of nitrogens with two attached hydrogens (primary N) is 1. The molecule has 0 aromatic carbocycles. The summed E-state index contributed by atoms with van der Waals surface area (Å²) in [7, 11) is -2.98. The van der Waals surface area contributed by atoms with Crippen LogP contribution in [-0.2, 0) is 9.84 Å². The molecule has 1 fully saturated rings. The first-order valence-corrected chi connectivity index (χ1v) is 8.85. The largest absolute Gasteiger partial charge is 0.398 e. The maximum atomic E-state index is 12.4. The van der Waals surface area contributed by atoms with Gasteiger partial charge in [-0.2, -0.15) is 0 Å². The number of rotatable bonds is 3. The zero-order chi connectivity index (χ0) is 14.2. The summed E-state index contributed by atoms with van der Waals surface area (Å²) in [6, 6.07) is 1.47. The Morgan fingerprint density at radius 3 is 2.68 bits per heavy atom. The molecular formula is C12H18N2O3S2. The van der Waals surface area contributed by atoms with Crippen LogP contribution in [0.1, 0.15) is 27.9 Å². The van der Waals surface area contributed by atoms with Crippen molar-refractivity contribution >= 4 is 32.8 Å². The molecule has 7 heteroatoms. The Morgan fingerprint density at radius 1 is 1.58 bits per heavy atom. The van der Waals surface area contributed by atoms with E-state index in [9.17, 15) is 13.2 Å². The van der Waals surface area contributed by atoms with Gasteiger partial charge in [-0.3, -0.25) is 4.79 Å². The second kappa shape index (κ2) is 5.13. The van der Waals surface area contributed by atoms with E-state index in [-0.39, 0.29) is 23.5 Å². The lowest BCUT2D eigenvalue weighted by atomic mass is 10.2. The van der Waals surface area contributed by atoms with Gasteiger partial charge in [0.1, 0.15) is 0 Å². The van der Waals surface area contributed by atoms with E-state index in [0.717, 1.165) is 4.88 Å². The van der Waals surface area contributed by atoms with Gasteiger partial charge in [-0.1, -0.05) is 0 Å². The Hall–Kier alpha value is -1.08. The van der Waals surface area contributed by atoms with Gasteiger partial charge in [-0.05, 0) is 26.3 Å². The molecule has 0 saturated carbocycles. The minimum atomic E-state index is -2.98. The predicted molar refractivity (Wildman–Crippen MR) is 77.2 cm³/mol. The highest BCUT2D eigenvalue weighted by Crippen LogP contribution is 2.27. The molecule has 1 aliphatic rings. The van der Waals surface area contributed by atoms with Gasteiger partial charge in [0.15, 0.2) is 9.84 Å². The minimum absolute atomic E-state index is 0.0758. The summed E-state index contributed by atoms with van der Waals surface area (Å²) in [6.07, 6.45) is 0.530. The number of anilines is 1. The first-order chi connectivity index (χ1) is 8.84. The number of carbonyl (C=O) groups is 1. The number of hydrogen-bond donors (Lipinski definition) is 1. The number of thiophene rings is 1. The zero-order valence-corrected chi connectivity index (χ0v) is 12.7. The highest BCUT2D eigenvalue weighted by Gasteiger charge is 2.34. The molecule has 0 aliphatic carbocycles. The quantitative estimate of drug-likeness (QED) is 0.912. The van der Waals surface area contributed by atoms with E-state index in [0.29, 0.717) is 23.5 Å². The second-order valence-electron chi connectivity index (χ2n) is 4.77. The average Bonchev–Trinajstić information content (AvgIpc) is 2.84. The molecule has 19 heavy (non-hydrogen) atoms. The summed E-state index contributed by atoms with van der Waals surface area (Å²) < 4.78 is 23.0. The molecule has 1 atom stereocenters. The molecule has 1 aliphatic heterocycles. The molecule has 0 radical (unpaired) electrons. The van der Waals surface area contributed by atoms with E-state index < -0.39 is 9.84 Å². The first kappa shape index (κ1) is 14.3. The Labute approximate surface area is 117 Å². The Bertz CT molecular complexity index is 573. The van der Waals surface area contributed by atoms with Gasteiger partial charge < -0.3 is 10.6 Å². The fourth-order valence-corrected chi connectivity index (χ4v) is 4.96. The lowest BCUT2D eigenvalue weighted by molar-refractivity contribution is 0.0713. The number of nitrogens with zero attached hydrogens (tertiary/aromatic N) is 1. The summed E-state index contributed by atoms with van der Waals surface area (Å²) in [6.45, 7) is 4.25. The van der Waals surface area contributed by atoms with Crippen molar-refractivity contribution in [3.05, 3.63) is 15.8 Å². The molecule has 2 heterocycles. The third-order valence-electron chi connectivity index (χ3n) is 3.42. The molecule has 1 aromatic heterocycles. The van der Waals surface area contributed by atoms with Gasteiger partial charge in [-0.25, -0.2) is 8.42 Å².